The zero-order valence-corrected chi connectivity index (χ0v) is 15.9. The number of carbonyl (C=O) groups is 2. The zero-order valence-electron chi connectivity index (χ0n) is 15.2. The number of aliphatic carboxylic acids is 1. The second kappa shape index (κ2) is 9.44. The molecule has 0 saturated heterocycles. The van der Waals surface area contributed by atoms with Gasteiger partial charge in [0.1, 0.15) is 11.6 Å². The molecule has 0 fully saturated rings. The van der Waals surface area contributed by atoms with E-state index in [9.17, 15) is 14.9 Å². The van der Waals surface area contributed by atoms with Crippen molar-refractivity contribution in [2.45, 2.75) is 6.92 Å². The van der Waals surface area contributed by atoms with Crippen LogP contribution in [0.3, 0.4) is 0 Å². The smallest absolute Gasteiger partial charge is 0.341 e. The Kier molecular flexibility index (Phi) is 7.02. The molecule has 28 heavy (non-hydrogen) atoms. The van der Waals surface area contributed by atoms with E-state index in [0.717, 1.165) is 5.56 Å². The highest BCUT2D eigenvalue weighted by Gasteiger charge is 2.14. The first-order chi connectivity index (χ1) is 13.3. The summed E-state index contributed by atoms with van der Waals surface area (Å²) in [5, 5.41) is 21.1. The Morgan fingerprint density at radius 1 is 1.29 bits per heavy atom. The third-order valence-corrected chi connectivity index (χ3v) is 3.99. The van der Waals surface area contributed by atoms with Gasteiger partial charge in [0.15, 0.2) is 18.1 Å². The molecular formula is C20H17ClN2O5. The topological polar surface area (TPSA) is 109 Å². The highest BCUT2D eigenvalue weighted by atomic mass is 35.5. The predicted octanol–water partition coefficient (Wildman–Crippen LogP) is 3.67. The van der Waals surface area contributed by atoms with Crippen LogP contribution < -0.4 is 14.8 Å². The lowest BCUT2D eigenvalue weighted by atomic mass is 10.1. The molecule has 2 aromatic rings. The van der Waals surface area contributed by atoms with Gasteiger partial charge in [-0.15, -0.1) is 0 Å². The quantitative estimate of drug-likeness (QED) is 0.542. The molecule has 0 bridgehead atoms. The van der Waals surface area contributed by atoms with E-state index in [-0.39, 0.29) is 17.1 Å². The third kappa shape index (κ3) is 5.25. The summed E-state index contributed by atoms with van der Waals surface area (Å²) in [7, 11) is 1.40. The number of benzene rings is 2. The summed E-state index contributed by atoms with van der Waals surface area (Å²) >= 11 is 6.10. The van der Waals surface area contributed by atoms with Gasteiger partial charge in [0.2, 0.25) is 0 Å². The molecule has 0 radical (unpaired) electrons. The van der Waals surface area contributed by atoms with Crippen LogP contribution in [0.15, 0.2) is 42.0 Å². The van der Waals surface area contributed by atoms with Crippen LogP contribution in [0, 0.1) is 18.3 Å². The number of para-hydroxylation sites is 1. The van der Waals surface area contributed by atoms with Gasteiger partial charge in [-0.2, -0.15) is 5.26 Å². The molecule has 0 aromatic heterocycles. The Labute approximate surface area is 166 Å². The molecule has 0 heterocycles. The van der Waals surface area contributed by atoms with Gasteiger partial charge in [-0.3, -0.25) is 4.79 Å². The molecule has 0 aliphatic carbocycles. The molecule has 0 spiro atoms. The number of hydrogen-bond acceptors (Lipinski definition) is 5. The number of carbonyl (C=O) groups excluding carboxylic acids is 1. The maximum atomic E-state index is 12.5. The Morgan fingerprint density at radius 3 is 2.64 bits per heavy atom. The summed E-state index contributed by atoms with van der Waals surface area (Å²) in [5.41, 5.74) is 1.56. The maximum Gasteiger partial charge on any atom is 0.341 e. The third-order valence-electron chi connectivity index (χ3n) is 3.68. The van der Waals surface area contributed by atoms with Crippen molar-refractivity contribution in [1.29, 1.82) is 5.26 Å². The van der Waals surface area contributed by atoms with E-state index >= 15 is 0 Å². The molecule has 2 N–H and O–H groups in total. The number of amides is 1. The second-order valence-electron chi connectivity index (χ2n) is 5.65. The van der Waals surface area contributed by atoms with Gasteiger partial charge in [0.05, 0.1) is 17.8 Å². The van der Waals surface area contributed by atoms with E-state index in [1.807, 2.05) is 6.07 Å². The van der Waals surface area contributed by atoms with Gasteiger partial charge in [-0.05, 0) is 42.3 Å². The first-order valence-corrected chi connectivity index (χ1v) is 8.44. The Bertz CT molecular complexity index is 959. The van der Waals surface area contributed by atoms with Gasteiger partial charge >= 0.3 is 5.97 Å². The Hall–Kier alpha value is -3.50. The maximum absolute atomic E-state index is 12.5. The number of carboxylic acid groups (broad SMARTS) is 1. The number of anilines is 1. The fourth-order valence-electron chi connectivity index (χ4n) is 2.32. The highest BCUT2D eigenvalue weighted by Crippen LogP contribution is 2.29. The minimum atomic E-state index is -1.12. The summed E-state index contributed by atoms with van der Waals surface area (Å²) < 4.78 is 10.3. The molecule has 0 aliphatic rings. The fraction of sp³-hybridized carbons (Fsp3) is 0.150. The average molecular weight is 401 g/mol. The molecule has 0 atom stereocenters. The normalized spacial score (nSPS) is 10.7. The summed E-state index contributed by atoms with van der Waals surface area (Å²) in [5.74, 6) is -1.22. The van der Waals surface area contributed by atoms with Crippen molar-refractivity contribution in [3.8, 4) is 17.6 Å². The van der Waals surface area contributed by atoms with Crippen LogP contribution in [0.5, 0.6) is 11.5 Å². The van der Waals surface area contributed by atoms with Crippen molar-refractivity contribution in [1.82, 2.24) is 0 Å². The summed E-state index contributed by atoms with van der Waals surface area (Å²) in [6, 6.07) is 11.6. The number of hydrogen-bond donors (Lipinski definition) is 2. The van der Waals surface area contributed by atoms with E-state index in [1.165, 1.54) is 25.3 Å². The van der Waals surface area contributed by atoms with Gasteiger partial charge in [0, 0.05) is 0 Å². The standard InChI is InChI=1S/C20H17ClN2O5/c1-12-4-3-5-15(21)19(12)23-20(26)14(10-22)8-13-6-7-16(17(9-13)27-2)28-11-18(24)25/h3-9H,11H2,1-2H3,(H,23,26)(H,24,25)/b14-8+. The van der Waals surface area contributed by atoms with E-state index in [1.54, 1.807) is 31.2 Å². The van der Waals surface area contributed by atoms with Gasteiger partial charge in [0.25, 0.3) is 5.91 Å². The molecule has 0 aliphatic heterocycles. The van der Waals surface area contributed by atoms with Crippen LogP contribution in [-0.4, -0.2) is 30.7 Å². The Morgan fingerprint density at radius 2 is 2.04 bits per heavy atom. The van der Waals surface area contributed by atoms with Crippen LogP contribution in [0.25, 0.3) is 6.08 Å². The van der Waals surface area contributed by atoms with Crippen molar-refractivity contribution in [2.75, 3.05) is 19.0 Å². The van der Waals surface area contributed by atoms with E-state index in [4.69, 9.17) is 26.2 Å². The fourth-order valence-corrected chi connectivity index (χ4v) is 2.59. The molecule has 8 heteroatoms. The number of methoxy groups -OCH3 is 1. The Balaban J connectivity index is 2.27. The number of ether oxygens (including phenoxy) is 2. The largest absolute Gasteiger partial charge is 0.493 e. The SMILES string of the molecule is COc1cc(/C=C(\C#N)C(=O)Nc2c(C)cccc2Cl)ccc1OCC(=O)O. The predicted molar refractivity (Wildman–Crippen MR) is 105 cm³/mol. The van der Waals surface area contributed by atoms with Crippen LogP contribution in [-0.2, 0) is 9.59 Å². The lowest BCUT2D eigenvalue weighted by molar-refractivity contribution is -0.139. The van der Waals surface area contributed by atoms with Crippen molar-refractivity contribution in [3.05, 3.63) is 58.1 Å². The molecule has 2 rings (SSSR count). The van der Waals surface area contributed by atoms with Gasteiger partial charge < -0.3 is 19.9 Å². The number of rotatable bonds is 7. The number of nitriles is 1. The van der Waals surface area contributed by atoms with Crippen LogP contribution in [0.2, 0.25) is 5.02 Å². The molecule has 2 aromatic carbocycles. The van der Waals surface area contributed by atoms with E-state index < -0.39 is 18.5 Å². The number of nitrogens with one attached hydrogen (secondary N) is 1. The number of halogens is 1. The first-order valence-electron chi connectivity index (χ1n) is 8.06. The summed E-state index contributed by atoms with van der Waals surface area (Å²) in [4.78, 5) is 23.1. The average Bonchev–Trinajstić information content (AvgIpc) is 2.67. The minimum Gasteiger partial charge on any atom is -0.493 e. The van der Waals surface area contributed by atoms with Gasteiger partial charge in [-0.25, -0.2) is 4.79 Å². The molecule has 7 nitrogen and oxygen atoms in total. The zero-order chi connectivity index (χ0) is 20.7. The minimum absolute atomic E-state index is 0.138. The van der Waals surface area contributed by atoms with Gasteiger partial charge in [-0.1, -0.05) is 29.8 Å². The summed E-state index contributed by atoms with van der Waals surface area (Å²) in [6.45, 7) is 1.27. The van der Waals surface area contributed by atoms with E-state index in [2.05, 4.69) is 5.32 Å². The van der Waals surface area contributed by atoms with E-state index in [0.29, 0.717) is 16.3 Å². The number of aryl methyl sites for hydroxylation is 1. The molecule has 0 unspecified atom stereocenters. The first kappa shape index (κ1) is 20.8. The van der Waals surface area contributed by atoms with Crippen LogP contribution in [0.4, 0.5) is 5.69 Å². The number of carboxylic acids is 1. The van der Waals surface area contributed by atoms with Crippen molar-refractivity contribution in [3.63, 3.8) is 0 Å². The molecule has 144 valence electrons. The summed E-state index contributed by atoms with van der Waals surface area (Å²) in [6.07, 6.45) is 1.38. The molecular weight excluding hydrogens is 384 g/mol. The van der Waals surface area contributed by atoms with Crippen LogP contribution >= 0.6 is 11.6 Å². The van der Waals surface area contributed by atoms with Crippen molar-refractivity contribution < 1.29 is 24.2 Å². The highest BCUT2D eigenvalue weighted by molar-refractivity contribution is 6.34. The monoisotopic (exact) mass is 400 g/mol. The van der Waals surface area contributed by atoms with Crippen molar-refractivity contribution in [2.24, 2.45) is 0 Å². The lowest BCUT2D eigenvalue weighted by Crippen LogP contribution is -2.14. The second-order valence-corrected chi connectivity index (χ2v) is 6.06. The molecule has 1 amide bonds. The van der Waals surface area contributed by atoms with Crippen molar-refractivity contribution >= 4 is 35.2 Å². The number of nitrogens with zero attached hydrogens (tertiary/aromatic N) is 1. The molecule has 0 saturated carbocycles. The lowest BCUT2D eigenvalue weighted by Gasteiger charge is -2.11. The van der Waals surface area contributed by atoms with Crippen LogP contribution in [0.1, 0.15) is 11.1 Å².